The van der Waals surface area contributed by atoms with E-state index in [0.717, 1.165) is 0 Å². The summed E-state index contributed by atoms with van der Waals surface area (Å²) in [4.78, 5) is 29.7. The fraction of sp³-hybridized carbons (Fsp3) is 0.179. The molecule has 13 nitrogen and oxygen atoms in total. The van der Waals surface area contributed by atoms with Crippen LogP contribution < -0.4 is 14.8 Å². The van der Waals surface area contributed by atoms with E-state index in [1.165, 1.54) is 29.5 Å². The molecule has 0 saturated carbocycles. The maximum absolute atomic E-state index is 13.0. The van der Waals surface area contributed by atoms with Gasteiger partial charge in [0.25, 0.3) is 5.91 Å². The molecule has 4 aromatic rings. The highest BCUT2D eigenvalue weighted by Crippen LogP contribution is 2.25. The number of aromatic nitrogens is 6. The van der Waals surface area contributed by atoms with Gasteiger partial charge >= 0.3 is 0 Å². The van der Waals surface area contributed by atoms with Crippen LogP contribution in [0.5, 0.6) is 17.2 Å². The molecule has 0 radical (unpaired) electrons. The van der Waals surface area contributed by atoms with Crippen molar-refractivity contribution in [2.24, 2.45) is 0 Å². The molecule has 0 aliphatic heterocycles. The third-order valence-corrected chi connectivity index (χ3v) is 5.37. The Kier molecular flexibility index (Phi) is 9.19. The molecule has 208 valence electrons. The molecule has 13 heteroatoms. The lowest BCUT2D eigenvalue weighted by atomic mass is 10.2. The van der Waals surface area contributed by atoms with Gasteiger partial charge in [0, 0.05) is 18.3 Å². The van der Waals surface area contributed by atoms with Crippen LogP contribution in [-0.4, -0.2) is 56.5 Å². The predicted octanol–water partition coefficient (Wildman–Crippen LogP) is 4.30. The average molecular weight is 555 g/mol. The zero-order valence-corrected chi connectivity index (χ0v) is 22.7. The van der Waals surface area contributed by atoms with Gasteiger partial charge in [0.1, 0.15) is 23.4 Å². The lowest BCUT2D eigenvalue weighted by Crippen LogP contribution is -2.15. The number of amides is 1. The number of methoxy groups -OCH3 is 2. The average Bonchev–Trinajstić information content (AvgIpc) is 3.42. The fourth-order valence-electron chi connectivity index (χ4n) is 3.51. The maximum atomic E-state index is 13.0. The molecule has 0 saturated heterocycles. The number of hydrogen-bond acceptors (Lipinski definition) is 11. The predicted molar refractivity (Wildman–Crippen MR) is 147 cm³/mol. The number of carbonyl (C=O) groups is 1. The molecule has 0 aliphatic rings. The number of hydrogen-bond donors (Lipinski definition) is 1. The van der Waals surface area contributed by atoms with E-state index in [4.69, 9.17) is 24.2 Å². The van der Waals surface area contributed by atoms with Crippen molar-refractivity contribution in [1.82, 2.24) is 29.7 Å². The van der Waals surface area contributed by atoms with E-state index in [0.29, 0.717) is 41.1 Å². The van der Waals surface area contributed by atoms with Crippen molar-refractivity contribution >= 4 is 17.8 Å². The molecule has 4 heterocycles. The molecule has 0 fully saturated rings. The van der Waals surface area contributed by atoms with E-state index in [1.54, 1.807) is 63.8 Å². The SMILES string of the molecule is C/C=C(OC)\C(=C/c1cc(Oc2ccc(NC(=O)c3nn(-c4cnc(C#N)cn4)cc3OCC)nc2)ccn1)OC. The molecule has 1 amide bonds. The van der Waals surface area contributed by atoms with Crippen LogP contribution in [0.2, 0.25) is 0 Å². The first-order valence-corrected chi connectivity index (χ1v) is 12.3. The second-order valence-corrected chi connectivity index (χ2v) is 8.01. The quantitative estimate of drug-likeness (QED) is 0.208. The molecule has 0 aromatic carbocycles. The van der Waals surface area contributed by atoms with Gasteiger partial charge < -0.3 is 24.3 Å². The summed E-state index contributed by atoms with van der Waals surface area (Å²) >= 11 is 0. The summed E-state index contributed by atoms with van der Waals surface area (Å²) in [7, 11) is 3.11. The minimum absolute atomic E-state index is 0.0301. The van der Waals surface area contributed by atoms with Crippen LogP contribution >= 0.6 is 0 Å². The second-order valence-electron chi connectivity index (χ2n) is 8.01. The van der Waals surface area contributed by atoms with Crippen LogP contribution in [-0.2, 0) is 9.47 Å². The molecule has 0 unspecified atom stereocenters. The number of nitriles is 1. The topological polar surface area (TPSA) is 159 Å². The summed E-state index contributed by atoms with van der Waals surface area (Å²) in [6.07, 6.45) is 10.8. The molecule has 4 rings (SSSR count). The first-order valence-electron chi connectivity index (χ1n) is 12.3. The maximum Gasteiger partial charge on any atom is 0.281 e. The van der Waals surface area contributed by atoms with Crippen molar-refractivity contribution in [3.63, 3.8) is 0 Å². The largest absolute Gasteiger partial charge is 0.493 e. The van der Waals surface area contributed by atoms with Crippen molar-refractivity contribution in [3.8, 4) is 29.1 Å². The normalized spacial score (nSPS) is 11.4. The minimum atomic E-state index is -0.536. The first kappa shape index (κ1) is 28.2. The Hall–Kier alpha value is -5.77. The van der Waals surface area contributed by atoms with E-state index in [-0.39, 0.29) is 23.0 Å². The Morgan fingerprint density at radius 1 is 1.05 bits per heavy atom. The number of nitrogens with one attached hydrogen (secondary N) is 1. The number of anilines is 1. The van der Waals surface area contributed by atoms with Crippen LogP contribution in [0.15, 0.2) is 72.8 Å². The van der Waals surface area contributed by atoms with Crippen molar-refractivity contribution in [2.45, 2.75) is 13.8 Å². The molecule has 0 spiro atoms. The Morgan fingerprint density at radius 3 is 2.51 bits per heavy atom. The number of pyridine rings is 2. The van der Waals surface area contributed by atoms with Gasteiger partial charge in [-0.25, -0.2) is 19.6 Å². The molecule has 41 heavy (non-hydrogen) atoms. The number of allylic oxidation sites excluding steroid dienone is 1. The number of rotatable bonds is 11. The van der Waals surface area contributed by atoms with Crippen molar-refractivity contribution in [2.75, 3.05) is 26.1 Å². The van der Waals surface area contributed by atoms with E-state index < -0.39 is 5.91 Å². The van der Waals surface area contributed by atoms with Gasteiger partial charge in [-0.05, 0) is 38.1 Å². The highest BCUT2D eigenvalue weighted by molar-refractivity contribution is 6.04. The summed E-state index contributed by atoms with van der Waals surface area (Å²) in [5.41, 5.74) is 0.792. The van der Waals surface area contributed by atoms with Crippen LogP contribution in [0, 0.1) is 11.3 Å². The van der Waals surface area contributed by atoms with Gasteiger partial charge in [0.05, 0.1) is 51.3 Å². The van der Waals surface area contributed by atoms with Gasteiger partial charge in [-0.1, -0.05) is 0 Å². The number of carbonyl (C=O) groups excluding carboxylic acids is 1. The molecule has 0 atom stereocenters. The van der Waals surface area contributed by atoms with Crippen LogP contribution in [0.4, 0.5) is 5.82 Å². The third kappa shape index (κ3) is 7.01. The van der Waals surface area contributed by atoms with E-state index >= 15 is 0 Å². The Bertz CT molecular complexity index is 1610. The highest BCUT2D eigenvalue weighted by Gasteiger charge is 2.20. The molecule has 4 aromatic heterocycles. The zero-order valence-electron chi connectivity index (χ0n) is 22.7. The Balaban J connectivity index is 1.46. The van der Waals surface area contributed by atoms with Crippen molar-refractivity contribution in [1.29, 1.82) is 5.26 Å². The standard InChI is InChI=1S/C28H26N8O5/c1-5-22(38-3)23(39-4)12-18-11-20(9-10-30-18)41-21-7-8-25(32-15-21)34-28(37)27-24(40-6-2)17-36(35-27)26-16-31-19(13-29)14-33-26/h5,7-12,14-17H,6H2,1-4H3,(H,32,34,37)/b22-5+,23-12+. The molecule has 0 bridgehead atoms. The second kappa shape index (κ2) is 13.3. The highest BCUT2D eigenvalue weighted by atomic mass is 16.5. The fourth-order valence-corrected chi connectivity index (χ4v) is 3.51. The number of ether oxygens (including phenoxy) is 4. The molecule has 1 N–H and O–H groups in total. The zero-order chi connectivity index (χ0) is 29.2. The summed E-state index contributed by atoms with van der Waals surface area (Å²) in [6.45, 7) is 3.95. The van der Waals surface area contributed by atoms with Crippen molar-refractivity contribution < 1.29 is 23.7 Å². The summed E-state index contributed by atoms with van der Waals surface area (Å²) in [5, 5.41) is 15.9. The first-order chi connectivity index (χ1) is 20.0. The van der Waals surface area contributed by atoms with E-state index in [2.05, 4.69) is 30.4 Å². The Labute approximate surface area is 235 Å². The summed E-state index contributed by atoms with van der Waals surface area (Å²) < 4.78 is 23.6. The lowest BCUT2D eigenvalue weighted by Gasteiger charge is -2.10. The Morgan fingerprint density at radius 2 is 1.88 bits per heavy atom. The van der Waals surface area contributed by atoms with Crippen LogP contribution in [0.1, 0.15) is 35.7 Å². The number of nitrogens with zero attached hydrogens (tertiary/aromatic N) is 7. The van der Waals surface area contributed by atoms with E-state index in [1.807, 2.05) is 13.0 Å². The van der Waals surface area contributed by atoms with Gasteiger partial charge in [0.2, 0.25) is 0 Å². The van der Waals surface area contributed by atoms with E-state index in [9.17, 15) is 4.79 Å². The lowest BCUT2D eigenvalue weighted by molar-refractivity contribution is 0.101. The van der Waals surface area contributed by atoms with Gasteiger partial charge in [-0.3, -0.25) is 9.78 Å². The van der Waals surface area contributed by atoms with Gasteiger partial charge in [-0.2, -0.15) is 10.4 Å². The molecular weight excluding hydrogens is 528 g/mol. The monoisotopic (exact) mass is 554 g/mol. The molecular formula is C28H26N8O5. The van der Waals surface area contributed by atoms with Crippen molar-refractivity contribution in [3.05, 3.63) is 89.9 Å². The van der Waals surface area contributed by atoms with Crippen LogP contribution in [0.25, 0.3) is 11.9 Å². The van der Waals surface area contributed by atoms with Crippen LogP contribution in [0.3, 0.4) is 0 Å². The smallest absolute Gasteiger partial charge is 0.281 e. The van der Waals surface area contributed by atoms with Gasteiger partial charge in [0.15, 0.2) is 34.5 Å². The molecule has 0 aliphatic carbocycles. The third-order valence-electron chi connectivity index (χ3n) is 5.37. The summed E-state index contributed by atoms with van der Waals surface area (Å²) in [6, 6.07) is 8.60. The summed E-state index contributed by atoms with van der Waals surface area (Å²) in [5.74, 6) is 2.37. The minimum Gasteiger partial charge on any atom is -0.493 e. The van der Waals surface area contributed by atoms with Gasteiger partial charge in [-0.15, -0.1) is 0 Å².